The second kappa shape index (κ2) is 6.15. The van der Waals surface area contributed by atoms with Crippen LogP contribution in [0.2, 0.25) is 5.02 Å². The molecule has 1 fully saturated rings. The number of halogens is 1. The molecular weight excluding hydrogens is 284 g/mol. The third kappa shape index (κ3) is 3.17. The summed E-state index contributed by atoms with van der Waals surface area (Å²) in [4.78, 5) is 12.5. The average molecular weight is 299 g/mol. The van der Waals surface area contributed by atoms with Gasteiger partial charge in [0.1, 0.15) is 5.76 Å². The van der Waals surface area contributed by atoms with Gasteiger partial charge in [0.15, 0.2) is 5.78 Å². The summed E-state index contributed by atoms with van der Waals surface area (Å²) in [6.07, 6.45) is 7.90. The topological polar surface area (TPSA) is 30.2 Å². The number of furan rings is 1. The molecule has 1 heterocycles. The first-order valence-electron chi connectivity index (χ1n) is 6.98. The van der Waals surface area contributed by atoms with E-state index in [0.717, 1.165) is 41.7 Å². The number of carbonyl (C=O) groups is 1. The molecule has 1 aromatic carbocycles. The minimum atomic E-state index is 0.0950. The van der Waals surface area contributed by atoms with Crippen LogP contribution in [0.5, 0.6) is 0 Å². The molecule has 3 rings (SSSR count). The van der Waals surface area contributed by atoms with Crippen molar-refractivity contribution < 1.29 is 9.21 Å². The fourth-order valence-corrected chi connectivity index (χ4v) is 2.69. The highest BCUT2D eigenvalue weighted by Crippen LogP contribution is 2.29. The van der Waals surface area contributed by atoms with Crippen LogP contribution >= 0.6 is 11.6 Å². The number of allylic oxidation sites excluding steroid dienone is 2. The maximum Gasteiger partial charge on any atom is 0.185 e. The molecule has 0 aliphatic heterocycles. The van der Waals surface area contributed by atoms with Crippen LogP contribution in [-0.2, 0) is 4.79 Å². The summed E-state index contributed by atoms with van der Waals surface area (Å²) in [6, 6.07) is 11.2. The Morgan fingerprint density at radius 2 is 1.76 bits per heavy atom. The first-order valence-corrected chi connectivity index (χ1v) is 7.36. The van der Waals surface area contributed by atoms with Crippen molar-refractivity contribution in [3.63, 3.8) is 0 Å². The second-order valence-electron chi connectivity index (χ2n) is 5.06. The summed E-state index contributed by atoms with van der Waals surface area (Å²) < 4.78 is 5.29. The molecule has 0 spiro atoms. The molecule has 0 N–H and O–H groups in total. The summed E-state index contributed by atoms with van der Waals surface area (Å²) in [6.45, 7) is 0. The third-order valence-corrected chi connectivity index (χ3v) is 3.91. The minimum Gasteiger partial charge on any atom is -0.465 e. The molecule has 0 radical (unpaired) electrons. The smallest absolute Gasteiger partial charge is 0.185 e. The number of hydrogen-bond acceptors (Lipinski definition) is 2. The zero-order chi connectivity index (χ0) is 14.7. The van der Waals surface area contributed by atoms with Gasteiger partial charge in [0.25, 0.3) is 0 Å². The Bertz CT molecular complexity index is 709. The fourth-order valence-electron chi connectivity index (χ4n) is 2.50. The van der Waals surface area contributed by atoms with Crippen molar-refractivity contribution in [2.75, 3.05) is 0 Å². The van der Waals surface area contributed by atoms with E-state index in [1.54, 1.807) is 6.26 Å². The second-order valence-corrected chi connectivity index (χ2v) is 5.47. The lowest BCUT2D eigenvalue weighted by molar-refractivity contribution is -0.112. The van der Waals surface area contributed by atoms with E-state index < -0.39 is 0 Å². The molecule has 3 heteroatoms. The summed E-state index contributed by atoms with van der Waals surface area (Å²) >= 11 is 6.16. The Morgan fingerprint density at radius 1 is 1.00 bits per heavy atom. The molecule has 2 aromatic rings. The first-order chi connectivity index (χ1) is 10.2. The van der Waals surface area contributed by atoms with Crippen molar-refractivity contribution in [2.45, 2.75) is 19.3 Å². The van der Waals surface area contributed by atoms with Crippen LogP contribution in [0.1, 0.15) is 30.6 Å². The highest BCUT2D eigenvalue weighted by atomic mass is 35.5. The maximum atomic E-state index is 12.5. The summed E-state index contributed by atoms with van der Waals surface area (Å²) in [5.74, 6) is 0.815. The number of ketones is 1. The van der Waals surface area contributed by atoms with Gasteiger partial charge in [-0.3, -0.25) is 4.79 Å². The van der Waals surface area contributed by atoms with E-state index in [0.29, 0.717) is 5.02 Å². The van der Waals surface area contributed by atoms with E-state index in [9.17, 15) is 4.79 Å². The van der Waals surface area contributed by atoms with Crippen LogP contribution in [0.15, 0.2) is 58.2 Å². The lowest BCUT2D eigenvalue weighted by Crippen LogP contribution is -2.12. The van der Waals surface area contributed by atoms with Gasteiger partial charge in [0.05, 0.1) is 6.26 Å². The molecule has 1 aliphatic carbocycles. The molecule has 1 aliphatic rings. The minimum absolute atomic E-state index is 0.0950. The van der Waals surface area contributed by atoms with Crippen LogP contribution in [0.4, 0.5) is 0 Å². The van der Waals surface area contributed by atoms with Gasteiger partial charge in [0.2, 0.25) is 0 Å². The highest BCUT2D eigenvalue weighted by molar-refractivity contribution is 6.32. The molecule has 1 saturated carbocycles. The maximum absolute atomic E-state index is 12.5. The van der Waals surface area contributed by atoms with Crippen LogP contribution < -0.4 is 0 Å². The highest BCUT2D eigenvalue weighted by Gasteiger charge is 2.21. The predicted molar refractivity (Wildman–Crippen MR) is 85.0 cm³/mol. The monoisotopic (exact) mass is 298 g/mol. The summed E-state index contributed by atoms with van der Waals surface area (Å²) in [5, 5.41) is 0.667. The SMILES string of the molecule is O=C1/C(=C\c2ccco2)CCC/C1=C\c1ccccc1Cl. The Balaban J connectivity index is 1.91. The Labute approximate surface area is 128 Å². The largest absolute Gasteiger partial charge is 0.465 e. The lowest BCUT2D eigenvalue weighted by Gasteiger charge is -2.16. The number of carbonyl (C=O) groups excluding carboxylic acids is 1. The molecular formula is C18H15ClO2. The van der Waals surface area contributed by atoms with Gasteiger partial charge in [-0.15, -0.1) is 0 Å². The Morgan fingerprint density at radius 3 is 2.48 bits per heavy atom. The van der Waals surface area contributed by atoms with Gasteiger partial charge in [-0.1, -0.05) is 29.8 Å². The Hall–Kier alpha value is -2.06. The molecule has 2 nitrogen and oxygen atoms in total. The fraction of sp³-hybridized carbons (Fsp3) is 0.167. The van der Waals surface area contributed by atoms with Gasteiger partial charge >= 0.3 is 0 Å². The van der Waals surface area contributed by atoms with Crippen LogP contribution in [0, 0.1) is 0 Å². The van der Waals surface area contributed by atoms with Crippen molar-refractivity contribution >= 4 is 29.5 Å². The van der Waals surface area contributed by atoms with Crippen LogP contribution in [0.25, 0.3) is 12.2 Å². The van der Waals surface area contributed by atoms with E-state index in [1.165, 1.54) is 0 Å². The quantitative estimate of drug-likeness (QED) is 0.717. The first kappa shape index (κ1) is 13.9. The predicted octanol–water partition coefficient (Wildman–Crippen LogP) is 5.15. The number of benzene rings is 1. The number of rotatable bonds is 2. The Kier molecular flexibility index (Phi) is 4.07. The van der Waals surface area contributed by atoms with Crippen molar-refractivity contribution in [3.05, 3.63) is 70.2 Å². The average Bonchev–Trinajstić information content (AvgIpc) is 2.98. The lowest BCUT2D eigenvalue weighted by atomic mass is 9.87. The van der Waals surface area contributed by atoms with Crippen molar-refractivity contribution in [1.29, 1.82) is 0 Å². The van der Waals surface area contributed by atoms with Crippen molar-refractivity contribution in [1.82, 2.24) is 0 Å². The normalized spacial score (nSPS) is 19.4. The molecule has 21 heavy (non-hydrogen) atoms. The standard InChI is InChI=1S/C18H15ClO2/c19-17-9-2-1-5-13(17)11-14-6-3-7-15(18(14)20)12-16-8-4-10-21-16/h1-2,4-5,8-12H,3,6-7H2/b14-11+,15-12-. The number of hydrogen-bond donors (Lipinski definition) is 0. The molecule has 0 unspecified atom stereocenters. The van der Waals surface area contributed by atoms with Gasteiger partial charge in [-0.2, -0.15) is 0 Å². The molecule has 0 saturated heterocycles. The molecule has 106 valence electrons. The van der Waals surface area contributed by atoms with Gasteiger partial charge < -0.3 is 4.42 Å². The van der Waals surface area contributed by atoms with Gasteiger partial charge in [-0.25, -0.2) is 0 Å². The van der Waals surface area contributed by atoms with Crippen LogP contribution in [0.3, 0.4) is 0 Å². The van der Waals surface area contributed by atoms with E-state index in [2.05, 4.69) is 0 Å². The van der Waals surface area contributed by atoms with Crippen molar-refractivity contribution in [3.8, 4) is 0 Å². The molecule has 0 atom stereocenters. The molecule has 0 amide bonds. The van der Waals surface area contributed by atoms with Crippen molar-refractivity contribution in [2.24, 2.45) is 0 Å². The van der Waals surface area contributed by atoms with E-state index >= 15 is 0 Å². The van der Waals surface area contributed by atoms with Gasteiger partial charge in [-0.05, 0) is 55.2 Å². The van der Waals surface area contributed by atoms with Crippen LogP contribution in [-0.4, -0.2) is 5.78 Å². The number of Topliss-reactive ketones (excluding diaryl/α,β-unsaturated/α-hetero) is 1. The zero-order valence-electron chi connectivity index (χ0n) is 11.5. The van der Waals surface area contributed by atoms with Gasteiger partial charge in [0, 0.05) is 16.2 Å². The molecule has 1 aromatic heterocycles. The third-order valence-electron chi connectivity index (χ3n) is 3.57. The molecule has 0 bridgehead atoms. The van der Waals surface area contributed by atoms with E-state index in [4.69, 9.17) is 16.0 Å². The van der Waals surface area contributed by atoms with E-state index in [-0.39, 0.29) is 5.78 Å². The summed E-state index contributed by atoms with van der Waals surface area (Å²) in [5.41, 5.74) is 2.50. The zero-order valence-corrected chi connectivity index (χ0v) is 12.3. The summed E-state index contributed by atoms with van der Waals surface area (Å²) in [7, 11) is 0. The van der Waals surface area contributed by atoms with E-state index in [1.807, 2.05) is 48.6 Å².